The minimum absolute atomic E-state index is 0. The zero-order chi connectivity index (χ0) is 14.9. The SMILES string of the molecule is N[C@@H](CC(=O)[O-])C(=O)[O-].N[C@H](CC(=O)[O-])C(=O)[O-].[Mg+2].[Mg+2]. The maximum Gasteiger partial charge on any atom is 2.00 e. The Balaban J connectivity index is -0.000000116. The molecule has 0 heterocycles. The fraction of sp³-hybridized carbons (Fsp3) is 0.500. The van der Waals surface area contributed by atoms with Crippen molar-refractivity contribution in [2.75, 3.05) is 0 Å². The van der Waals surface area contributed by atoms with Crippen LogP contribution in [0.25, 0.3) is 0 Å². The second-order valence-electron chi connectivity index (χ2n) is 3.00. The smallest absolute Gasteiger partial charge is 0.550 e. The number of aliphatic carboxylic acids is 4. The summed E-state index contributed by atoms with van der Waals surface area (Å²) in [6, 6.07) is -2.93. The Bertz CT molecular complexity index is 306. The summed E-state index contributed by atoms with van der Waals surface area (Å²) in [5.74, 6) is -6.16. The van der Waals surface area contributed by atoms with Gasteiger partial charge in [-0.05, 0) is 0 Å². The van der Waals surface area contributed by atoms with Gasteiger partial charge >= 0.3 is 46.1 Å². The monoisotopic (exact) mass is 310 g/mol. The second-order valence-corrected chi connectivity index (χ2v) is 3.00. The minimum Gasteiger partial charge on any atom is -0.550 e. The molecule has 0 radical (unpaired) electrons. The Labute approximate surface area is 145 Å². The zero-order valence-corrected chi connectivity index (χ0v) is 13.2. The molecule has 0 saturated carbocycles. The molecular formula is C8H10Mg2N2O8. The summed E-state index contributed by atoms with van der Waals surface area (Å²) in [6.07, 6.45) is -1.41. The zero-order valence-electron chi connectivity index (χ0n) is 10.4. The number of carboxylic acid groups (broad SMARTS) is 4. The van der Waals surface area contributed by atoms with Crippen LogP contribution >= 0.6 is 0 Å². The van der Waals surface area contributed by atoms with E-state index in [1.165, 1.54) is 0 Å². The standard InChI is InChI=1S/2C4H7NO4.2Mg/c2*5-2(4(8)9)1-3(6)7;;/h2*2H,1,5H2,(H,6,7)(H,8,9);;/q;;2*+2/p-4/t2*2-;;/m10../s1. The average molecular weight is 311 g/mol. The molecule has 0 saturated heterocycles. The first-order valence-electron chi connectivity index (χ1n) is 4.40. The third-order valence-electron chi connectivity index (χ3n) is 1.38. The van der Waals surface area contributed by atoms with Crippen LogP contribution in [0.15, 0.2) is 0 Å². The third kappa shape index (κ3) is 19.7. The molecule has 0 aliphatic rings. The number of hydrogen-bond donors (Lipinski definition) is 2. The van der Waals surface area contributed by atoms with Crippen LogP contribution < -0.4 is 31.9 Å². The maximum atomic E-state index is 9.71. The number of rotatable bonds is 6. The van der Waals surface area contributed by atoms with E-state index in [0.717, 1.165) is 0 Å². The molecule has 104 valence electrons. The average Bonchev–Trinajstić information content (AvgIpc) is 2.16. The van der Waals surface area contributed by atoms with Gasteiger partial charge in [0.15, 0.2) is 0 Å². The van der Waals surface area contributed by atoms with Crippen molar-refractivity contribution in [3.63, 3.8) is 0 Å². The van der Waals surface area contributed by atoms with Crippen molar-refractivity contribution in [2.45, 2.75) is 24.9 Å². The summed E-state index contributed by atoms with van der Waals surface area (Å²) < 4.78 is 0. The summed E-state index contributed by atoms with van der Waals surface area (Å²) in [5, 5.41) is 38.7. The molecule has 12 heteroatoms. The van der Waals surface area contributed by atoms with E-state index in [2.05, 4.69) is 0 Å². The van der Waals surface area contributed by atoms with Gasteiger partial charge in [0, 0.05) is 36.9 Å². The summed E-state index contributed by atoms with van der Waals surface area (Å²) >= 11 is 0. The number of carbonyl (C=O) groups is 4. The van der Waals surface area contributed by atoms with Gasteiger partial charge in [-0.15, -0.1) is 0 Å². The number of hydrogen-bond acceptors (Lipinski definition) is 10. The third-order valence-corrected chi connectivity index (χ3v) is 1.38. The van der Waals surface area contributed by atoms with E-state index in [1.54, 1.807) is 0 Å². The maximum absolute atomic E-state index is 9.71. The van der Waals surface area contributed by atoms with E-state index >= 15 is 0 Å². The Morgan fingerprint density at radius 2 is 0.900 bits per heavy atom. The van der Waals surface area contributed by atoms with Gasteiger partial charge in [0.05, 0.1) is 11.9 Å². The molecule has 2 atom stereocenters. The van der Waals surface area contributed by atoms with Crippen molar-refractivity contribution in [3.8, 4) is 0 Å². The topological polar surface area (TPSA) is 213 Å². The van der Waals surface area contributed by atoms with Crippen molar-refractivity contribution in [3.05, 3.63) is 0 Å². The van der Waals surface area contributed by atoms with Crippen molar-refractivity contribution < 1.29 is 39.6 Å². The molecule has 0 aromatic heterocycles. The number of carbonyl (C=O) groups excluding carboxylic acids is 4. The minimum atomic E-state index is -1.58. The summed E-state index contributed by atoms with van der Waals surface area (Å²) in [7, 11) is 0. The Kier molecular flexibility index (Phi) is 20.4. The van der Waals surface area contributed by atoms with Gasteiger partial charge in [0.25, 0.3) is 0 Å². The molecule has 0 aromatic carbocycles. The molecule has 0 aliphatic carbocycles. The molecule has 0 bridgehead atoms. The van der Waals surface area contributed by atoms with Crippen molar-refractivity contribution >= 4 is 70.0 Å². The molecule has 0 aliphatic heterocycles. The quantitative estimate of drug-likeness (QED) is 0.441. The summed E-state index contributed by atoms with van der Waals surface area (Å²) in [5.41, 5.74) is 9.47. The van der Waals surface area contributed by atoms with Crippen LogP contribution in [0.5, 0.6) is 0 Å². The number of nitrogens with two attached hydrogens (primary N) is 2. The molecule has 20 heavy (non-hydrogen) atoms. The first-order chi connectivity index (χ1) is 8.07. The van der Waals surface area contributed by atoms with Crippen molar-refractivity contribution in [1.82, 2.24) is 0 Å². The molecule has 4 N–H and O–H groups in total. The Hall–Kier alpha value is -0.668. The van der Waals surface area contributed by atoms with E-state index in [1.807, 2.05) is 0 Å². The van der Waals surface area contributed by atoms with E-state index in [-0.39, 0.29) is 46.1 Å². The summed E-state index contributed by atoms with van der Waals surface area (Å²) in [6.45, 7) is 0. The fourth-order valence-corrected chi connectivity index (χ4v) is 0.526. The molecular weight excluding hydrogens is 301 g/mol. The molecule has 0 rings (SSSR count). The van der Waals surface area contributed by atoms with Gasteiger partial charge in [0.1, 0.15) is 0 Å². The summed E-state index contributed by atoms with van der Waals surface area (Å²) in [4.78, 5) is 38.7. The molecule has 0 spiro atoms. The predicted octanol–water partition coefficient (Wildman–Crippen LogP) is -8.35. The fourth-order valence-electron chi connectivity index (χ4n) is 0.526. The first kappa shape index (κ1) is 27.6. The largest absolute Gasteiger partial charge is 2.00 e. The van der Waals surface area contributed by atoms with Gasteiger partial charge in [-0.25, -0.2) is 0 Å². The van der Waals surface area contributed by atoms with Gasteiger partial charge in [-0.2, -0.15) is 0 Å². The van der Waals surface area contributed by atoms with Crippen LogP contribution in [0.2, 0.25) is 0 Å². The molecule has 0 fully saturated rings. The molecule has 0 amide bonds. The molecule has 10 nitrogen and oxygen atoms in total. The van der Waals surface area contributed by atoms with Crippen LogP contribution in [-0.2, 0) is 19.2 Å². The molecule has 0 unspecified atom stereocenters. The van der Waals surface area contributed by atoms with Crippen molar-refractivity contribution in [1.29, 1.82) is 0 Å². The predicted molar refractivity (Wildman–Crippen MR) is 56.7 cm³/mol. The van der Waals surface area contributed by atoms with Crippen molar-refractivity contribution in [2.24, 2.45) is 11.5 Å². The van der Waals surface area contributed by atoms with Gasteiger partial charge in [0.2, 0.25) is 0 Å². The van der Waals surface area contributed by atoms with E-state index in [4.69, 9.17) is 11.5 Å². The van der Waals surface area contributed by atoms with Crippen LogP contribution in [-0.4, -0.2) is 82.1 Å². The van der Waals surface area contributed by atoms with Crippen LogP contribution in [0.1, 0.15) is 12.8 Å². The van der Waals surface area contributed by atoms with E-state index in [9.17, 15) is 39.6 Å². The Morgan fingerprint density at radius 1 is 0.700 bits per heavy atom. The van der Waals surface area contributed by atoms with Crippen LogP contribution in [0.3, 0.4) is 0 Å². The normalized spacial score (nSPS) is 11.3. The van der Waals surface area contributed by atoms with Crippen LogP contribution in [0, 0.1) is 0 Å². The second kappa shape index (κ2) is 14.7. The van der Waals surface area contributed by atoms with Crippen LogP contribution in [0.4, 0.5) is 0 Å². The van der Waals surface area contributed by atoms with E-state index in [0.29, 0.717) is 0 Å². The van der Waals surface area contributed by atoms with Gasteiger partial charge in [-0.3, -0.25) is 0 Å². The van der Waals surface area contributed by atoms with Gasteiger partial charge in [-0.1, -0.05) is 0 Å². The molecule has 0 aromatic rings. The Morgan fingerprint density at radius 3 is 0.950 bits per heavy atom. The number of carboxylic acids is 4. The first-order valence-corrected chi connectivity index (χ1v) is 4.40. The van der Waals surface area contributed by atoms with Gasteiger partial charge < -0.3 is 51.1 Å². The van der Waals surface area contributed by atoms with E-state index < -0.39 is 48.8 Å².